The van der Waals surface area contributed by atoms with Crippen LogP contribution in [-0.4, -0.2) is 74.9 Å². The predicted octanol–water partition coefficient (Wildman–Crippen LogP) is 15.4. The van der Waals surface area contributed by atoms with Crippen molar-refractivity contribution in [1.82, 2.24) is 0 Å². The molecular formula is C54H97NO8P+. The molecule has 9 nitrogen and oxygen atoms in total. The Bertz CT molecular complexity index is 1310. The van der Waals surface area contributed by atoms with Crippen LogP contribution in [-0.2, 0) is 32.7 Å². The van der Waals surface area contributed by atoms with Crippen LogP contribution in [0.25, 0.3) is 0 Å². The van der Waals surface area contributed by atoms with E-state index in [1.165, 1.54) is 77.0 Å². The Labute approximate surface area is 393 Å². The quantitative estimate of drug-likeness (QED) is 0.0211. The lowest BCUT2D eigenvalue weighted by atomic mass is 10.1. The zero-order valence-corrected chi connectivity index (χ0v) is 42.6. The first-order chi connectivity index (χ1) is 31.0. The number of nitrogens with zero attached hydrogens (tertiary/aromatic N) is 1. The highest BCUT2D eigenvalue weighted by Crippen LogP contribution is 2.43. The molecule has 0 spiro atoms. The van der Waals surface area contributed by atoms with Gasteiger partial charge in [0.05, 0.1) is 27.7 Å². The minimum atomic E-state index is -4.39. The first-order valence-corrected chi connectivity index (χ1v) is 27.2. The fourth-order valence-corrected chi connectivity index (χ4v) is 7.48. The highest BCUT2D eigenvalue weighted by molar-refractivity contribution is 7.47. The van der Waals surface area contributed by atoms with Crippen LogP contribution in [0.3, 0.4) is 0 Å². The molecule has 10 heteroatoms. The van der Waals surface area contributed by atoms with Crippen molar-refractivity contribution < 1.29 is 42.1 Å². The molecule has 2 atom stereocenters. The number of hydrogen-bond acceptors (Lipinski definition) is 7. The number of quaternary nitrogens is 1. The maximum absolute atomic E-state index is 12.8. The molecular weight excluding hydrogens is 822 g/mol. The van der Waals surface area contributed by atoms with Gasteiger partial charge in [0.1, 0.15) is 19.8 Å². The number of phosphoric acid groups is 1. The summed E-state index contributed by atoms with van der Waals surface area (Å²) in [5.41, 5.74) is 0. The van der Waals surface area contributed by atoms with E-state index in [2.05, 4.69) is 86.8 Å². The highest BCUT2D eigenvalue weighted by atomic mass is 31.2. The van der Waals surface area contributed by atoms with Gasteiger partial charge in [-0.3, -0.25) is 18.6 Å². The summed E-state index contributed by atoms with van der Waals surface area (Å²) in [7, 11) is 1.46. The minimum absolute atomic E-state index is 0.0263. The zero-order valence-electron chi connectivity index (χ0n) is 41.7. The van der Waals surface area contributed by atoms with Crippen molar-refractivity contribution in [3.05, 3.63) is 72.9 Å². The molecule has 0 aromatic carbocycles. The predicted molar refractivity (Wildman–Crippen MR) is 270 cm³/mol. The van der Waals surface area contributed by atoms with E-state index in [0.717, 1.165) is 96.3 Å². The fraction of sp³-hybridized carbons (Fsp3) is 0.741. The molecule has 0 rings (SSSR count). The van der Waals surface area contributed by atoms with E-state index >= 15 is 0 Å². The normalized spacial score (nSPS) is 14.0. The van der Waals surface area contributed by atoms with E-state index < -0.39 is 26.5 Å². The third-order valence-corrected chi connectivity index (χ3v) is 11.7. The van der Waals surface area contributed by atoms with Crippen LogP contribution >= 0.6 is 7.82 Å². The lowest BCUT2D eigenvalue weighted by Crippen LogP contribution is -2.37. The van der Waals surface area contributed by atoms with Gasteiger partial charge in [0.15, 0.2) is 6.10 Å². The topological polar surface area (TPSA) is 108 Å². The molecule has 0 aliphatic heterocycles. The Kier molecular flexibility index (Phi) is 43.8. The maximum Gasteiger partial charge on any atom is 0.472 e. The molecule has 0 radical (unpaired) electrons. The van der Waals surface area contributed by atoms with Gasteiger partial charge < -0.3 is 18.9 Å². The van der Waals surface area contributed by atoms with Gasteiger partial charge in [0, 0.05) is 12.8 Å². The minimum Gasteiger partial charge on any atom is -0.462 e. The largest absolute Gasteiger partial charge is 0.472 e. The molecule has 0 amide bonds. The van der Waals surface area contributed by atoms with Crippen molar-refractivity contribution >= 4 is 19.8 Å². The van der Waals surface area contributed by atoms with Crippen molar-refractivity contribution in [2.45, 2.75) is 213 Å². The summed E-state index contributed by atoms with van der Waals surface area (Å²) in [6.07, 6.45) is 58.1. The number of carbonyl (C=O) groups is 2. The lowest BCUT2D eigenvalue weighted by molar-refractivity contribution is -0.870. The van der Waals surface area contributed by atoms with Crippen molar-refractivity contribution in [1.29, 1.82) is 0 Å². The van der Waals surface area contributed by atoms with Gasteiger partial charge >= 0.3 is 19.8 Å². The molecule has 64 heavy (non-hydrogen) atoms. The van der Waals surface area contributed by atoms with Crippen LogP contribution in [0.2, 0.25) is 0 Å². The van der Waals surface area contributed by atoms with Crippen LogP contribution in [0.1, 0.15) is 206 Å². The van der Waals surface area contributed by atoms with Crippen LogP contribution in [0.4, 0.5) is 0 Å². The molecule has 0 fully saturated rings. The van der Waals surface area contributed by atoms with E-state index in [9.17, 15) is 19.0 Å². The molecule has 1 N–H and O–H groups in total. The summed E-state index contributed by atoms with van der Waals surface area (Å²) in [6, 6.07) is 0. The van der Waals surface area contributed by atoms with Gasteiger partial charge in [-0.05, 0) is 83.5 Å². The zero-order chi connectivity index (χ0) is 47.1. The van der Waals surface area contributed by atoms with E-state index in [-0.39, 0.29) is 32.0 Å². The summed E-state index contributed by atoms with van der Waals surface area (Å²) in [5, 5.41) is 0. The van der Waals surface area contributed by atoms with E-state index in [0.29, 0.717) is 17.4 Å². The average molecular weight is 919 g/mol. The third kappa shape index (κ3) is 48.9. The van der Waals surface area contributed by atoms with Crippen LogP contribution in [0, 0.1) is 0 Å². The second-order valence-electron chi connectivity index (χ2n) is 18.2. The number of hydrogen-bond donors (Lipinski definition) is 1. The van der Waals surface area contributed by atoms with Crippen LogP contribution in [0.5, 0.6) is 0 Å². The number of likely N-dealkylation sites (N-methyl/N-ethyl adjacent to an activating group) is 1. The molecule has 370 valence electrons. The number of carbonyl (C=O) groups excluding carboxylic acids is 2. The Balaban J connectivity index is 4.26. The van der Waals surface area contributed by atoms with Gasteiger partial charge in [0.2, 0.25) is 0 Å². The monoisotopic (exact) mass is 919 g/mol. The number of esters is 2. The second kappa shape index (κ2) is 45.6. The van der Waals surface area contributed by atoms with Crippen LogP contribution < -0.4 is 0 Å². The smallest absolute Gasteiger partial charge is 0.462 e. The molecule has 0 bridgehead atoms. The SMILES string of the molecule is CC/C=C\C/C=C\C/C=C\C/C=C\C/C=C\CCCCCCCCCCCC(=O)OC(COC(=O)CCCCCCC/C=C\CCCCCCCC)COP(=O)(O)OCC[N+](C)(C)C. The molecule has 0 aromatic heterocycles. The molecule has 0 aromatic rings. The number of rotatable bonds is 46. The summed E-state index contributed by atoms with van der Waals surface area (Å²) in [5.74, 6) is -0.816. The Morgan fingerprint density at radius 2 is 0.891 bits per heavy atom. The van der Waals surface area contributed by atoms with E-state index in [1.807, 2.05) is 21.1 Å². The molecule has 2 unspecified atom stereocenters. The van der Waals surface area contributed by atoms with Crippen LogP contribution in [0.15, 0.2) is 72.9 Å². The molecule has 0 saturated heterocycles. The standard InChI is InChI=1S/C54H96NO8P/c1-6-8-10-12-14-16-18-20-22-23-24-25-26-27-28-29-30-31-33-35-37-39-41-43-45-47-54(57)63-52(51-62-64(58,59)61-49-48-55(3,4)5)50-60-53(56)46-44-42-40-38-36-34-32-21-19-17-15-13-11-9-7-2/h8,10,14,16,20-22,24-25,27-28,32,52H,6-7,9,11-13,15,17-19,23,26,29-31,33-51H2,1-5H3/p+1/b10-8-,16-14-,22-20-,25-24-,28-27-,32-21-. The highest BCUT2D eigenvalue weighted by Gasteiger charge is 2.27. The fourth-order valence-electron chi connectivity index (χ4n) is 6.74. The lowest BCUT2D eigenvalue weighted by Gasteiger charge is -2.24. The van der Waals surface area contributed by atoms with Gasteiger partial charge in [-0.2, -0.15) is 0 Å². The van der Waals surface area contributed by atoms with E-state index in [1.54, 1.807) is 0 Å². The molecule has 0 aliphatic carbocycles. The summed E-state index contributed by atoms with van der Waals surface area (Å²) in [4.78, 5) is 35.5. The second-order valence-corrected chi connectivity index (χ2v) is 19.6. The van der Waals surface area contributed by atoms with Gasteiger partial charge in [-0.25, -0.2) is 4.57 Å². The van der Waals surface area contributed by atoms with Gasteiger partial charge in [-0.1, -0.05) is 183 Å². The van der Waals surface area contributed by atoms with Crippen molar-refractivity contribution in [2.24, 2.45) is 0 Å². The van der Waals surface area contributed by atoms with Crippen molar-refractivity contribution in [2.75, 3.05) is 47.5 Å². The number of unbranched alkanes of at least 4 members (excludes halogenated alkanes) is 20. The maximum atomic E-state index is 12.8. The van der Waals surface area contributed by atoms with Crippen molar-refractivity contribution in [3.63, 3.8) is 0 Å². The molecule has 0 heterocycles. The Morgan fingerprint density at radius 3 is 1.34 bits per heavy atom. The number of ether oxygens (including phenoxy) is 2. The van der Waals surface area contributed by atoms with Gasteiger partial charge in [0.25, 0.3) is 0 Å². The van der Waals surface area contributed by atoms with Crippen molar-refractivity contribution in [3.8, 4) is 0 Å². The summed E-state index contributed by atoms with van der Waals surface area (Å²) >= 11 is 0. The molecule has 0 aliphatic rings. The average Bonchev–Trinajstić information content (AvgIpc) is 3.25. The Morgan fingerprint density at radius 1 is 0.500 bits per heavy atom. The number of allylic oxidation sites excluding steroid dienone is 12. The van der Waals surface area contributed by atoms with Gasteiger partial charge in [-0.15, -0.1) is 0 Å². The first-order valence-electron chi connectivity index (χ1n) is 25.7. The summed E-state index contributed by atoms with van der Waals surface area (Å²) < 4.78 is 34.4. The summed E-state index contributed by atoms with van der Waals surface area (Å²) in [6.45, 7) is 4.29. The Hall–Kier alpha value is -2.55. The third-order valence-electron chi connectivity index (χ3n) is 10.7. The first kappa shape index (κ1) is 61.5. The molecule has 0 saturated carbocycles. The number of phosphoric ester groups is 1. The van der Waals surface area contributed by atoms with E-state index in [4.69, 9.17) is 18.5 Å².